The summed E-state index contributed by atoms with van der Waals surface area (Å²) in [6.07, 6.45) is 3.72. The van der Waals surface area contributed by atoms with Gasteiger partial charge >= 0.3 is 0 Å². The number of benzene rings is 1. The molecule has 0 amide bonds. The van der Waals surface area contributed by atoms with Gasteiger partial charge in [0, 0.05) is 32.7 Å². The van der Waals surface area contributed by atoms with Crippen LogP contribution in [0.15, 0.2) is 42.9 Å². The summed E-state index contributed by atoms with van der Waals surface area (Å²) >= 11 is 0. The quantitative estimate of drug-likeness (QED) is 0.731. The molecule has 2 aromatic heterocycles. The maximum absolute atomic E-state index is 4.88. The van der Waals surface area contributed by atoms with Gasteiger partial charge in [-0.2, -0.15) is 0 Å². The van der Waals surface area contributed by atoms with E-state index in [1.165, 1.54) is 5.56 Å². The van der Waals surface area contributed by atoms with Gasteiger partial charge in [0.2, 0.25) is 0 Å². The average molecular weight is 336 g/mol. The number of imidazole rings is 1. The van der Waals surface area contributed by atoms with Crippen molar-refractivity contribution in [2.45, 2.75) is 19.5 Å². The standard InChI is InChI=1S/C19H24N6/c1-15(16-6-4-3-5-7-16)25-14-21-18-19(25)22-17(12-20-18)13-24-10-8-23(2)9-11-24/h3-7,12,14-15H,8-11,13H2,1-2H3/t15-/m0/s1. The van der Waals surface area contributed by atoms with Gasteiger partial charge in [0.1, 0.15) is 0 Å². The van der Waals surface area contributed by atoms with Gasteiger partial charge in [-0.25, -0.2) is 15.0 Å². The minimum absolute atomic E-state index is 0.180. The van der Waals surface area contributed by atoms with Crippen LogP contribution in [0.3, 0.4) is 0 Å². The number of nitrogens with zero attached hydrogens (tertiary/aromatic N) is 6. The molecule has 6 heteroatoms. The highest BCUT2D eigenvalue weighted by atomic mass is 15.3. The second-order valence-electron chi connectivity index (χ2n) is 6.83. The maximum atomic E-state index is 4.88. The number of aromatic nitrogens is 4. The van der Waals surface area contributed by atoms with Crippen LogP contribution in [0, 0.1) is 0 Å². The third kappa shape index (κ3) is 3.41. The van der Waals surface area contributed by atoms with Crippen LogP contribution in [0.4, 0.5) is 0 Å². The van der Waals surface area contributed by atoms with Crippen molar-refractivity contribution in [1.29, 1.82) is 0 Å². The Balaban J connectivity index is 1.59. The van der Waals surface area contributed by atoms with Gasteiger partial charge in [-0.05, 0) is 19.5 Å². The maximum Gasteiger partial charge on any atom is 0.197 e. The summed E-state index contributed by atoms with van der Waals surface area (Å²) in [7, 11) is 2.17. The van der Waals surface area contributed by atoms with E-state index in [0.29, 0.717) is 5.65 Å². The number of piperazine rings is 1. The second-order valence-corrected chi connectivity index (χ2v) is 6.83. The summed E-state index contributed by atoms with van der Waals surface area (Å²) in [6.45, 7) is 7.40. The first-order chi connectivity index (χ1) is 12.2. The van der Waals surface area contributed by atoms with E-state index in [-0.39, 0.29) is 6.04 Å². The molecule has 0 unspecified atom stereocenters. The molecular formula is C19H24N6. The Morgan fingerprint density at radius 1 is 1.04 bits per heavy atom. The largest absolute Gasteiger partial charge is 0.307 e. The molecule has 0 bridgehead atoms. The van der Waals surface area contributed by atoms with Gasteiger partial charge in [-0.15, -0.1) is 0 Å². The molecule has 6 nitrogen and oxygen atoms in total. The first-order valence-corrected chi connectivity index (χ1v) is 8.85. The van der Waals surface area contributed by atoms with Gasteiger partial charge in [0.15, 0.2) is 11.3 Å². The zero-order valence-corrected chi connectivity index (χ0v) is 14.8. The molecule has 25 heavy (non-hydrogen) atoms. The predicted molar refractivity (Wildman–Crippen MR) is 98.4 cm³/mol. The van der Waals surface area contributed by atoms with Gasteiger partial charge in [-0.1, -0.05) is 30.3 Å². The molecule has 4 rings (SSSR count). The smallest absolute Gasteiger partial charge is 0.197 e. The molecule has 0 radical (unpaired) electrons. The van der Waals surface area contributed by atoms with Crippen molar-refractivity contribution < 1.29 is 0 Å². The van der Waals surface area contributed by atoms with Crippen LogP contribution in [-0.2, 0) is 6.54 Å². The molecule has 1 aromatic carbocycles. The third-order valence-corrected chi connectivity index (χ3v) is 5.02. The first-order valence-electron chi connectivity index (χ1n) is 8.85. The van der Waals surface area contributed by atoms with Crippen molar-refractivity contribution in [2.75, 3.05) is 33.2 Å². The number of fused-ring (bicyclic) bond motifs is 1. The van der Waals surface area contributed by atoms with Crippen molar-refractivity contribution in [3.05, 3.63) is 54.1 Å². The van der Waals surface area contributed by atoms with E-state index in [2.05, 4.69) is 62.6 Å². The van der Waals surface area contributed by atoms with Crippen LogP contribution in [0.1, 0.15) is 24.2 Å². The Labute approximate surface area is 148 Å². The molecule has 130 valence electrons. The highest BCUT2D eigenvalue weighted by Crippen LogP contribution is 2.21. The lowest BCUT2D eigenvalue weighted by Gasteiger charge is -2.31. The summed E-state index contributed by atoms with van der Waals surface area (Å²) in [6, 6.07) is 10.6. The van der Waals surface area contributed by atoms with E-state index in [9.17, 15) is 0 Å². The number of likely N-dealkylation sites (N-methyl/N-ethyl adjacent to an activating group) is 1. The minimum atomic E-state index is 0.180. The Bertz CT molecular complexity index is 836. The molecule has 0 saturated carbocycles. The Kier molecular flexibility index (Phi) is 4.46. The lowest BCUT2D eigenvalue weighted by Crippen LogP contribution is -2.44. The van der Waals surface area contributed by atoms with Crippen molar-refractivity contribution in [3.63, 3.8) is 0 Å². The molecule has 1 aliphatic heterocycles. The Morgan fingerprint density at radius 3 is 2.56 bits per heavy atom. The van der Waals surface area contributed by atoms with E-state index in [0.717, 1.165) is 44.1 Å². The Hall–Kier alpha value is -2.31. The normalized spacial score (nSPS) is 17.8. The molecule has 3 aromatic rings. The van der Waals surface area contributed by atoms with Gasteiger partial charge < -0.3 is 9.47 Å². The van der Waals surface area contributed by atoms with E-state index in [1.54, 1.807) is 0 Å². The zero-order chi connectivity index (χ0) is 17.2. The molecular weight excluding hydrogens is 312 g/mol. The van der Waals surface area contributed by atoms with Crippen molar-refractivity contribution in [3.8, 4) is 0 Å². The monoisotopic (exact) mass is 336 g/mol. The van der Waals surface area contributed by atoms with Crippen LogP contribution in [0.2, 0.25) is 0 Å². The summed E-state index contributed by atoms with van der Waals surface area (Å²) in [5, 5.41) is 0. The Morgan fingerprint density at radius 2 is 1.80 bits per heavy atom. The predicted octanol–water partition coefficient (Wildman–Crippen LogP) is 2.18. The molecule has 0 spiro atoms. The summed E-state index contributed by atoms with van der Waals surface area (Å²) in [4.78, 5) is 18.6. The van der Waals surface area contributed by atoms with Gasteiger partial charge in [-0.3, -0.25) is 4.90 Å². The second kappa shape index (κ2) is 6.90. The molecule has 0 N–H and O–H groups in total. The van der Waals surface area contributed by atoms with Crippen LogP contribution in [0.25, 0.3) is 11.3 Å². The molecule has 3 heterocycles. The fraction of sp³-hybridized carbons (Fsp3) is 0.421. The number of hydrogen-bond acceptors (Lipinski definition) is 5. The van der Waals surface area contributed by atoms with Crippen molar-refractivity contribution in [1.82, 2.24) is 29.3 Å². The van der Waals surface area contributed by atoms with Crippen LogP contribution < -0.4 is 0 Å². The SMILES string of the molecule is C[C@@H](c1ccccc1)n1cnc2ncc(CN3CCN(C)CC3)nc21. The molecule has 1 saturated heterocycles. The zero-order valence-electron chi connectivity index (χ0n) is 14.8. The molecule has 0 aliphatic carbocycles. The summed E-state index contributed by atoms with van der Waals surface area (Å²) in [5.74, 6) is 0. The van der Waals surface area contributed by atoms with Crippen LogP contribution in [0.5, 0.6) is 0 Å². The topological polar surface area (TPSA) is 50.1 Å². The van der Waals surface area contributed by atoms with E-state index < -0.39 is 0 Å². The lowest BCUT2D eigenvalue weighted by molar-refractivity contribution is 0.147. The van der Waals surface area contributed by atoms with E-state index in [1.807, 2.05) is 18.6 Å². The van der Waals surface area contributed by atoms with E-state index >= 15 is 0 Å². The van der Waals surface area contributed by atoms with Gasteiger partial charge in [0.05, 0.1) is 24.3 Å². The lowest BCUT2D eigenvalue weighted by atomic mass is 10.1. The van der Waals surface area contributed by atoms with E-state index in [4.69, 9.17) is 4.98 Å². The fourth-order valence-electron chi connectivity index (χ4n) is 3.33. The first kappa shape index (κ1) is 16.2. The summed E-state index contributed by atoms with van der Waals surface area (Å²) < 4.78 is 2.12. The third-order valence-electron chi connectivity index (χ3n) is 5.02. The minimum Gasteiger partial charge on any atom is -0.307 e. The van der Waals surface area contributed by atoms with Crippen molar-refractivity contribution >= 4 is 11.3 Å². The fourth-order valence-corrected chi connectivity index (χ4v) is 3.33. The number of rotatable bonds is 4. The highest BCUT2D eigenvalue weighted by Gasteiger charge is 2.17. The number of hydrogen-bond donors (Lipinski definition) is 0. The average Bonchev–Trinajstić information content (AvgIpc) is 3.07. The highest BCUT2D eigenvalue weighted by molar-refractivity contribution is 5.65. The van der Waals surface area contributed by atoms with Crippen LogP contribution >= 0.6 is 0 Å². The van der Waals surface area contributed by atoms with Crippen molar-refractivity contribution in [2.24, 2.45) is 0 Å². The summed E-state index contributed by atoms with van der Waals surface area (Å²) in [5.41, 5.74) is 3.83. The molecule has 1 fully saturated rings. The molecule has 1 atom stereocenters. The molecule has 1 aliphatic rings. The van der Waals surface area contributed by atoms with Gasteiger partial charge in [0.25, 0.3) is 0 Å². The van der Waals surface area contributed by atoms with Crippen LogP contribution in [-0.4, -0.2) is 62.5 Å².